The van der Waals surface area contributed by atoms with E-state index in [4.69, 9.17) is 23.2 Å². The van der Waals surface area contributed by atoms with E-state index in [-0.39, 0.29) is 11.5 Å². The molecule has 0 saturated heterocycles. The molecular formula is C16H12Cl2N4O. The number of H-pyrrole nitrogens is 1. The molecule has 1 N–H and O–H groups in total. The van der Waals surface area contributed by atoms with Gasteiger partial charge in [0.1, 0.15) is 11.6 Å². The maximum absolute atomic E-state index is 12.8. The Morgan fingerprint density at radius 2 is 1.91 bits per heavy atom. The summed E-state index contributed by atoms with van der Waals surface area (Å²) in [6.45, 7) is 3.83. The lowest BCUT2D eigenvalue weighted by Crippen LogP contribution is -2.22. The minimum absolute atomic E-state index is 0.0503. The highest BCUT2D eigenvalue weighted by atomic mass is 35.5. The molecule has 0 saturated carbocycles. The Hall–Kier alpha value is -2.29. The smallest absolute Gasteiger partial charge is 0.278 e. The zero-order chi connectivity index (χ0) is 16.7. The van der Waals surface area contributed by atoms with Crippen LogP contribution in [0.3, 0.4) is 0 Å². The SMILES string of the molecule is CC(C)c1c(-c2cc(Cl)cc(Cl)c2)[nH]c2c(C#N)cnn2c1=O. The molecule has 0 bridgehead atoms. The van der Waals surface area contributed by atoms with Crippen molar-refractivity contribution in [3.05, 3.63) is 55.9 Å². The third-order valence-electron chi connectivity index (χ3n) is 3.55. The molecule has 7 heteroatoms. The zero-order valence-electron chi connectivity index (χ0n) is 12.4. The van der Waals surface area contributed by atoms with E-state index in [9.17, 15) is 10.1 Å². The van der Waals surface area contributed by atoms with Crippen molar-refractivity contribution in [1.29, 1.82) is 5.26 Å². The number of aromatic amines is 1. The van der Waals surface area contributed by atoms with E-state index < -0.39 is 0 Å². The molecule has 0 amide bonds. The fourth-order valence-corrected chi connectivity index (χ4v) is 3.10. The Labute approximate surface area is 142 Å². The van der Waals surface area contributed by atoms with E-state index in [0.717, 1.165) is 0 Å². The molecule has 0 aliphatic rings. The van der Waals surface area contributed by atoms with E-state index >= 15 is 0 Å². The Morgan fingerprint density at radius 3 is 2.48 bits per heavy atom. The summed E-state index contributed by atoms with van der Waals surface area (Å²) in [4.78, 5) is 15.9. The number of hydrogen-bond donors (Lipinski definition) is 1. The molecule has 0 aliphatic heterocycles. The summed E-state index contributed by atoms with van der Waals surface area (Å²) in [6.07, 6.45) is 1.37. The van der Waals surface area contributed by atoms with Crippen molar-refractivity contribution >= 4 is 28.8 Å². The predicted octanol–water partition coefficient (Wildman–Crippen LogP) is 3.99. The quantitative estimate of drug-likeness (QED) is 0.762. The number of benzene rings is 1. The number of rotatable bonds is 2. The van der Waals surface area contributed by atoms with Crippen LogP contribution in [0.25, 0.3) is 16.9 Å². The Bertz CT molecular complexity index is 991. The second-order valence-electron chi connectivity index (χ2n) is 5.46. The minimum Gasteiger partial charge on any atom is -0.338 e. The van der Waals surface area contributed by atoms with Crippen LogP contribution in [0.5, 0.6) is 0 Å². The van der Waals surface area contributed by atoms with Gasteiger partial charge in [0, 0.05) is 21.2 Å². The molecule has 3 aromatic rings. The molecule has 0 atom stereocenters. The molecule has 116 valence electrons. The summed E-state index contributed by atoms with van der Waals surface area (Å²) < 4.78 is 1.21. The van der Waals surface area contributed by atoms with Gasteiger partial charge in [-0.3, -0.25) is 4.79 Å². The number of nitrogens with zero attached hydrogens (tertiary/aromatic N) is 3. The summed E-state index contributed by atoms with van der Waals surface area (Å²) in [5.41, 5.74) is 2.24. The molecule has 3 rings (SSSR count). The fourth-order valence-electron chi connectivity index (χ4n) is 2.57. The lowest BCUT2D eigenvalue weighted by atomic mass is 9.98. The van der Waals surface area contributed by atoms with Gasteiger partial charge >= 0.3 is 0 Å². The fraction of sp³-hybridized carbons (Fsp3) is 0.188. The van der Waals surface area contributed by atoms with Gasteiger partial charge in [-0.2, -0.15) is 14.9 Å². The van der Waals surface area contributed by atoms with Gasteiger partial charge in [0.15, 0.2) is 5.65 Å². The van der Waals surface area contributed by atoms with Gasteiger partial charge in [-0.25, -0.2) is 0 Å². The normalized spacial score (nSPS) is 11.1. The molecule has 5 nitrogen and oxygen atoms in total. The number of nitrogens with one attached hydrogen (secondary N) is 1. The first kappa shape index (κ1) is 15.6. The number of aromatic nitrogens is 3. The Morgan fingerprint density at radius 1 is 1.26 bits per heavy atom. The van der Waals surface area contributed by atoms with Crippen LogP contribution in [0.1, 0.15) is 30.9 Å². The predicted molar refractivity (Wildman–Crippen MR) is 90.1 cm³/mol. The second-order valence-corrected chi connectivity index (χ2v) is 6.33. The summed E-state index contributed by atoms with van der Waals surface area (Å²) in [7, 11) is 0. The molecule has 0 radical (unpaired) electrons. The highest BCUT2D eigenvalue weighted by Crippen LogP contribution is 2.30. The molecule has 0 unspecified atom stereocenters. The molecule has 2 heterocycles. The van der Waals surface area contributed by atoms with Crippen molar-refractivity contribution in [3.8, 4) is 17.3 Å². The molecule has 0 spiro atoms. The third kappa shape index (κ3) is 2.61. The van der Waals surface area contributed by atoms with E-state index in [0.29, 0.717) is 38.1 Å². The van der Waals surface area contributed by atoms with E-state index in [1.165, 1.54) is 10.7 Å². The van der Waals surface area contributed by atoms with E-state index in [1.54, 1.807) is 18.2 Å². The van der Waals surface area contributed by atoms with Crippen LogP contribution >= 0.6 is 23.2 Å². The van der Waals surface area contributed by atoms with Crippen molar-refractivity contribution in [2.24, 2.45) is 0 Å². The van der Waals surface area contributed by atoms with Crippen molar-refractivity contribution in [1.82, 2.24) is 14.6 Å². The van der Waals surface area contributed by atoms with Crippen LogP contribution in [-0.2, 0) is 0 Å². The molecule has 2 aromatic heterocycles. The zero-order valence-corrected chi connectivity index (χ0v) is 13.9. The van der Waals surface area contributed by atoms with Crippen molar-refractivity contribution in [2.45, 2.75) is 19.8 Å². The second kappa shape index (κ2) is 5.73. The van der Waals surface area contributed by atoms with Crippen LogP contribution in [0, 0.1) is 11.3 Å². The van der Waals surface area contributed by atoms with Gasteiger partial charge in [0.25, 0.3) is 5.56 Å². The minimum atomic E-state index is -0.263. The van der Waals surface area contributed by atoms with E-state index in [2.05, 4.69) is 10.1 Å². The topological polar surface area (TPSA) is 73.9 Å². The van der Waals surface area contributed by atoms with Crippen LogP contribution in [0.15, 0.2) is 29.2 Å². The van der Waals surface area contributed by atoms with Crippen LogP contribution in [0.4, 0.5) is 0 Å². The van der Waals surface area contributed by atoms with Gasteiger partial charge in [-0.15, -0.1) is 0 Å². The highest BCUT2D eigenvalue weighted by molar-refractivity contribution is 6.35. The molecule has 0 fully saturated rings. The molecule has 1 aromatic carbocycles. The average molecular weight is 347 g/mol. The number of halogens is 2. The maximum atomic E-state index is 12.8. The van der Waals surface area contributed by atoms with Gasteiger partial charge < -0.3 is 4.98 Å². The van der Waals surface area contributed by atoms with Crippen molar-refractivity contribution in [2.75, 3.05) is 0 Å². The first-order valence-corrected chi connectivity index (χ1v) is 7.68. The summed E-state index contributed by atoms with van der Waals surface area (Å²) in [5, 5.41) is 14.1. The lowest BCUT2D eigenvalue weighted by Gasteiger charge is -2.13. The standard InChI is InChI=1S/C16H12Cl2N4O/c1-8(2)13-14(9-3-11(17)5-12(18)4-9)21-15-10(6-19)7-20-22(15)16(13)23/h3-5,7-8,21H,1-2H3. The summed E-state index contributed by atoms with van der Waals surface area (Å²) in [6, 6.07) is 7.10. The summed E-state index contributed by atoms with van der Waals surface area (Å²) in [5.74, 6) is -0.0503. The maximum Gasteiger partial charge on any atom is 0.278 e. The highest BCUT2D eigenvalue weighted by Gasteiger charge is 2.19. The number of fused-ring (bicyclic) bond motifs is 1. The van der Waals surface area contributed by atoms with Gasteiger partial charge in [-0.05, 0) is 24.1 Å². The first-order chi connectivity index (χ1) is 10.9. The third-order valence-corrected chi connectivity index (χ3v) is 3.99. The molecule has 23 heavy (non-hydrogen) atoms. The monoisotopic (exact) mass is 346 g/mol. The van der Waals surface area contributed by atoms with E-state index in [1.807, 2.05) is 19.9 Å². The first-order valence-electron chi connectivity index (χ1n) is 6.93. The van der Waals surface area contributed by atoms with Crippen molar-refractivity contribution < 1.29 is 0 Å². The lowest BCUT2D eigenvalue weighted by molar-refractivity contribution is 0.797. The van der Waals surface area contributed by atoms with Crippen LogP contribution in [0.2, 0.25) is 10.0 Å². The molecule has 0 aliphatic carbocycles. The number of nitriles is 1. The van der Waals surface area contributed by atoms with Gasteiger partial charge in [0.05, 0.1) is 11.9 Å². The van der Waals surface area contributed by atoms with Crippen LogP contribution < -0.4 is 5.56 Å². The average Bonchev–Trinajstić information content (AvgIpc) is 2.88. The van der Waals surface area contributed by atoms with Gasteiger partial charge in [0.2, 0.25) is 0 Å². The Balaban J connectivity index is 2.45. The number of hydrogen-bond acceptors (Lipinski definition) is 3. The summed E-state index contributed by atoms with van der Waals surface area (Å²) >= 11 is 12.2. The Kier molecular flexibility index (Phi) is 3.88. The molecular weight excluding hydrogens is 335 g/mol. The van der Waals surface area contributed by atoms with Crippen molar-refractivity contribution in [3.63, 3.8) is 0 Å². The van der Waals surface area contributed by atoms with Crippen LogP contribution in [-0.4, -0.2) is 14.6 Å². The van der Waals surface area contributed by atoms with Gasteiger partial charge in [-0.1, -0.05) is 37.0 Å². The largest absolute Gasteiger partial charge is 0.338 e.